The first-order valence-corrected chi connectivity index (χ1v) is 5.45. The van der Waals surface area contributed by atoms with Gasteiger partial charge in [0.2, 0.25) is 0 Å². The van der Waals surface area contributed by atoms with Crippen LogP contribution < -0.4 is 10.6 Å². The lowest BCUT2D eigenvalue weighted by molar-refractivity contribution is 0.335. The van der Waals surface area contributed by atoms with Crippen LogP contribution in [0.2, 0.25) is 0 Å². The molecule has 0 atom stereocenters. The Morgan fingerprint density at radius 2 is 1.69 bits per heavy atom. The summed E-state index contributed by atoms with van der Waals surface area (Å²) in [5.74, 6) is 0. The Balaban J connectivity index is 0.000000640. The molecular weight excluding hydrogens is 243 g/mol. The molecule has 1 aromatic carbocycles. The quantitative estimate of drug-likeness (QED) is 0.750. The first kappa shape index (κ1) is 13.6. The predicted molar refractivity (Wildman–Crippen MR) is 73.2 cm³/mol. The van der Waals surface area contributed by atoms with Crippen molar-refractivity contribution >= 4 is 30.5 Å². The summed E-state index contributed by atoms with van der Waals surface area (Å²) in [6.45, 7) is 3.46. The smallest absolute Gasteiger partial charge is 0.0379 e. The number of halogens is 2. The number of rotatable bonds is 0. The van der Waals surface area contributed by atoms with Crippen LogP contribution >= 0.6 is 24.8 Å². The Bertz CT molecular complexity index is 343. The first-order chi connectivity index (χ1) is 6.91. The second kappa shape index (κ2) is 5.26. The fourth-order valence-electron chi connectivity index (χ4n) is 2.81. The molecule has 1 aromatic rings. The van der Waals surface area contributed by atoms with Crippen LogP contribution in [0.3, 0.4) is 0 Å². The molecule has 90 valence electrons. The van der Waals surface area contributed by atoms with Gasteiger partial charge in [-0.15, -0.1) is 24.8 Å². The first-order valence-electron chi connectivity index (χ1n) is 5.45. The van der Waals surface area contributed by atoms with Crippen LogP contribution in [0.25, 0.3) is 0 Å². The molecule has 1 saturated heterocycles. The molecule has 0 bridgehead atoms. The summed E-state index contributed by atoms with van der Waals surface area (Å²) in [5.41, 5.74) is 3.33. The summed E-state index contributed by atoms with van der Waals surface area (Å²) in [6, 6.07) is 8.77. The van der Waals surface area contributed by atoms with Crippen molar-refractivity contribution in [3.05, 3.63) is 29.8 Å². The van der Waals surface area contributed by atoms with Crippen molar-refractivity contribution in [3.8, 4) is 0 Å². The molecule has 2 N–H and O–H groups in total. The van der Waals surface area contributed by atoms with Crippen LogP contribution in [-0.4, -0.2) is 19.6 Å². The molecule has 0 aromatic heterocycles. The number of hydrogen-bond donors (Lipinski definition) is 2. The number of fused-ring (bicyclic) bond motifs is 2. The minimum absolute atomic E-state index is 0. The highest BCUT2D eigenvalue weighted by Crippen LogP contribution is 2.42. The molecule has 1 spiro atoms. The third-order valence-corrected chi connectivity index (χ3v) is 3.68. The van der Waals surface area contributed by atoms with E-state index in [2.05, 4.69) is 34.9 Å². The van der Waals surface area contributed by atoms with Gasteiger partial charge in [-0.2, -0.15) is 0 Å². The zero-order valence-corrected chi connectivity index (χ0v) is 10.8. The number of hydrogen-bond acceptors (Lipinski definition) is 2. The number of anilines is 1. The highest BCUT2D eigenvalue weighted by Gasteiger charge is 2.39. The van der Waals surface area contributed by atoms with Crippen molar-refractivity contribution in [2.75, 3.05) is 25.0 Å². The lowest BCUT2D eigenvalue weighted by Gasteiger charge is -2.33. The van der Waals surface area contributed by atoms with Crippen LogP contribution in [-0.2, 0) is 5.41 Å². The summed E-state index contributed by atoms with van der Waals surface area (Å²) in [7, 11) is 0. The molecule has 2 aliphatic heterocycles. The SMILES string of the molecule is Cl.Cl.c1ccc2c(c1)NCC21CCNCC1. The van der Waals surface area contributed by atoms with Crippen LogP contribution in [0.4, 0.5) is 5.69 Å². The average molecular weight is 261 g/mol. The zero-order chi connectivity index (χ0) is 9.43. The van der Waals surface area contributed by atoms with E-state index in [-0.39, 0.29) is 24.8 Å². The van der Waals surface area contributed by atoms with Gasteiger partial charge in [0.15, 0.2) is 0 Å². The fraction of sp³-hybridized carbons (Fsp3) is 0.500. The molecule has 0 unspecified atom stereocenters. The van der Waals surface area contributed by atoms with E-state index in [1.807, 2.05) is 0 Å². The lowest BCUT2D eigenvalue weighted by Crippen LogP contribution is -2.41. The number of nitrogens with one attached hydrogen (secondary N) is 2. The molecule has 0 amide bonds. The molecule has 4 heteroatoms. The van der Waals surface area contributed by atoms with E-state index in [1.165, 1.54) is 18.5 Å². The highest BCUT2D eigenvalue weighted by atomic mass is 35.5. The van der Waals surface area contributed by atoms with Gasteiger partial charge in [0.1, 0.15) is 0 Å². The van der Waals surface area contributed by atoms with Crippen LogP contribution in [0, 0.1) is 0 Å². The Kier molecular flexibility index (Phi) is 4.48. The monoisotopic (exact) mass is 260 g/mol. The van der Waals surface area contributed by atoms with Crippen molar-refractivity contribution in [2.45, 2.75) is 18.3 Å². The van der Waals surface area contributed by atoms with Crippen molar-refractivity contribution in [2.24, 2.45) is 0 Å². The van der Waals surface area contributed by atoms with Gasteiger partial charge < -0.3 is 10.6 Å². The fourth-order valence-corrected chi connectivity index (χ4v) is 2.81. The Hall–Kier alpha value is -0.440. The third-order valence-electron chi connectivity index (χ3n) is 3.68. The van der Waals surface area contributed by atoms with Gasteiger partial charge in [0.25, 0.3) is 0 Å². The molecule has 16 heavy (non-hydrogen) atoms. The van der Waals surface area contributed by atoms with Crippen molar-refractivity contribution in [3.63, 3.8) is 0 Å². The third kappa shape index (κ3) is 2.02. The summed E-state index contributed by atoms with van der Waals surface area (Å²) in [5, 5.41) is 6.97. The minimum Gasteiger partial charge on any atom is -0.384 e. The van der Waals surface area contributed by atoms with Crippen LogP contribution in [0.1, 0.15) is 18.4 Å². The Morgan fingerprint density at radius 1 is 1.00 bits per heavy atom. The highest BCUT2D eigenvalue weighted by molar-refractivity contribution is 5.85. The predicted octanol–water partition coefficient (Wildman–Crippen LogP) is 2.58. The largest absolute Gasteiger partial charge is 0.384 e. The van der Waals surface area contributed by atoms with E-state index in [0.717, 1.165) is 19.6 Å². The van der Waals surface area contributed by atoms with Gasteiger partial charge >= 0.3 is 0 Å². The molecule has 2 nitrogen and oxygen atoms in total. The molecule has 2 heterocycles. The van der Waals surface area contributed by atoms with Crippen molar-refractivity contribution < 1.29 is 0 Å². The Labute approximate surface area is 109 Å². The zero-order valence-electron chi connectivity index (χ0n) is 9.16. The maximum Gasteiger partial charge on any atom is 0.0379 e. The van der Waals surface area contributed by atoms with E-state index >= 15 is 0 Å². The minimum atomic E-state index is 0. The average Bonchev–Trinajstić information content (AvgIpc) is 2.60. The summed E-state index contributed by atoms with van der Waals surface area (Å²) in [6.07, 6.45) is 2.55. The molecule has 0 radical (unpaired) electrons. The van der Waals surface area contributed by atoms with E-state index in [4.69, 9.17) is 0 Å². The van der Waals surface area contributed by atoms with Crippen molar-refractivity contribution in [1.29, 1.82) is 0 Å². The summed E-state index contributed by atoms with van der Waals surface area (Å²) in [4.78, 5) is 0. The molecule has 2 aliphatic rings. The second-order valence-electron chi connectivity index (χ2n) is 4.43. The van der Waals surface area contributed by atoms with Gasteiger partial charge in [-0.1, -0.05) is 18.2 Å². The number of piperidine rings is 1. The summed E-state index contributed by atoms with van der Waals surface area (Å²) >= 11 is 0. The number of para-hydroxylation sites is 1. The lowest BCUT2D eigenvalue weighted by atomic mass is 9.75. The van der Waals surface area contributed by atoms with E-state index in [1.54, 1.807) is 5.56 Å². The molecule has 0 saturated carbocycles. The van der Waals surface area contributed by atoms with E-state index in [0.29, 0.717) is 5.41 Å². The molecule has 1 fully saturated rings. The maximum atomic E-state index is 3.53. The second-order valence-corrected chi connectivity index (χ2v) is 4.43. The van der Waals surface area contributed by atoms with Crippen molar-refractivity contribution in [1.82, 2.24) is 5.32 Å². The molecule has 0 aliphatic carbocycles. The standard InChI is InChI=1S/C12H16N2.2ClH/c1-2-4-11-10(3-1)12(9-14-11)5-7-13-8-6-12;;/h1-4,13-14H,5-9H2;2*1H. The van der Waals surface area contributed by atoms with E-state index in [9.17, 15) is 0 Å². The normalized spacial score (nSPS) is 20.2. The van der Waals surface area contributed by atoms with Gasteiger partial charge in [-0.3, -0.25) is 0 Å². The summed E-state index contributed by atoms with van der Waals surface area (Å²) < 4.78 is 0. The van der Waals surface area contributed by atoms with Gasteiger partial charge in [-0.25, -0.2) is 0 Å². The van der Waals surface area contributed by atoms with Gasteiger partial charge in [-0.05, 0) is 37.6 Å². The Morgan fingerprint density at radius 3 is 2.44 bits per heavy atom. The van der Waals surface area contributed by atoms with Gasteiger partial charge in [0, 0.05) is 17.6 Å². The maximum absolute atomic E-state index is 3.53. The van der Waals surface area contributed by atoms with Crippen LogP contribution in [0.15, 0.2) is 24.3 Å². The van der Waals surface area contributed by atoms with E-state index < -0.39 is 0 Å². The van der Waals surface area contributed by atoms with Crippen LogP contribution in [0.5, 0.6) is 0 Å². The van der Waals surface area contributed by atoms with Gasteiger partial charge in [0.05, 0.1) is 0 Å². The number of benzene rings is 1. The molecule has 3 rings (SSSR count). The topological polar surface area (TPSA) is 24.1 Å². The molecular formula is C12H18Cl2N2.